The largest absolute Gasteiger partial charge is 0.369 e. The van der Waals surface area contributed by atoms with Gasteiger partial charge >= 0.3 is 0 Å². The molecular formula is C19H29N3. The minimum atomic E-state index is 0.400. The van der Waals surface area contributed by atoms with Crippen LogP contribution in [0.1, 0.15) is 51.2 Å². The van der Waals surface area contributed by atoms with Crippen LogP contribution < -0.4 is 4.90 Å². The molecule has 1 fully saturated rings. The lowest BCUT2D eigenvalue weighted by Crippen LogP contribution is -2.46. The zero-order valence-corrected chi connectivity index (χ0v) is 14.5. The van der Waals surface area contributed by atoms with E-state index in [0.29, 0.717) is 5.92 Å². The van der Waals surface area contributed by atoms with Gasteiger partial charge in [-0.05, 0) is 42.5 Å². The van der Waals surface area contributed by atoms with Crippen molar-refractivity contribution in [2.24, 2.45) is 5.92 Å². The minimum absolute atomic E-state index is 0.400. The summed E-state index contributed by atoms with van der Waals surface area (Å²) in [5.41, 5.74) is 3.18. The van der Waals surface area contributed by atoms with Gasteiger partial charge < -0.3 is 4.90 Å². The van der Waals surface area contributed by atoms with Crippen molar-refractivity contribution in [3.63, 3.8) is 0 Å². The first-order valence-electron chi connectivity index (χ1n) is 8.52. The van der Waals surface area contributed by atoms with Gasteiger partial charge in [0.05, 0.1) is 11.6 Å². The van der Waals surface area contributed by atoms with E-state index in [2.05, 4.69) is 61.8 Å². The smallest absolute Gasteiger partial charge is 0.0995 e. The molecule has 0 aromatic heterocycles. The third kappa shape index (κ3) is 4.24. The predicted molar refractivity (Wildman–Crippen MR) is 93.4 cm³/mol. The number of hydrogen-bond donors (Lipinski definition) is 0. The fourth-order valence-corrected chi connectivity index (χ4v) is 3.01. The molecule has 0 spiro atoms. The summed E-state index contributed by atoms with van der Waals surface area (Å²) >= 11 is 0. The van der Waals surface area contributed by atoms with Gasteiger partial charge in [0.2, 0.25) is 0 Å². The van der Waals surface area contributed by atoms with Crippen LogP contribution in [0.3, 0.4) is 0 Å². The van der Waals surface area contributed by atoms with Crippen molar-refractivity contribution < 1.29 is 0 Å². The summed E-state index contributed by atoms with van der Waals surface area (Å²) in [4.78, 5) is 4.97. The maximum Gasteiger partial charge on any atom is 0.0995 e. The third-order valence-electron chi connectivity index (χ3n) is 4.54. The Labute approximate surface area is 135 Å². The van der Waals surface area contributed by atoms with Gasteiger partial charge in [0.15, 0.2) is 0 Å². The van der Waals surface area contributed by atoms with Crippen molar-refractivity contribution >= 4 is 5.69 Å². The van der Waals surface area contributed by atoms with E-state index in [9.17, 15) is 5.26 Å². The summed E-state index contributed by atoms with van der Waals surface area (Å²) in [5.74, 6) is 1.18. The molecule has 0 amide bonds. The number of hydrogen-bond acceptors (Lipinski definition) is 3. The van der Waals surface area contributed by atoms with Crippen molar-refractivity contribution in [2.75, 3.05) is 37.6 Å². The monoisotopic (exact) mass is 299 g/mol. The van der Waals surface area contributed by atoms with Gasteiger partial charge in [-0.3, -0.25) is 4.90 Å². The highest BCUT2D eigenvalue weighted by Crippen LogP contribution is 2.25. The molecule has 1 heterocycles. The van der Waals surface area contributed by atoms with Gasteiger partial charge in [0.25, 0.3) is 0 Å². The molecule has 0 atom stereocenters. The van der Waals surface area contributed by atoms with Gasteiger partial charge in [-0.2, -0.15) is 5.26 Å². The molecule has 1 aromatic carbocycles. The van der Waals surface area contributed by atoms with Crippen LogP contribution >= 0.6 is 0 Å². The highest BCUT2D eigenvalue weighted by Gasteiger charge is 2.18. The molecule has 0 N–H and O–H groups in total. The Hall–Kier alpha value is -1.53. The van der Waals surface area contributed by atoms with Gasteiger partial charge in [0, 0.05) is 31.9 Å². The van der Waals surface area contributed by atoms with E-state index in [1.54, 1.807) is 0 Å². The zero-order chi connectivity index (χ0) is 16.1. The SMILES string of the molecule is CC(C)CCN1CCN(c2ccc(C(C)C)c(C#N)c2)CC1. The standard InChI is InChI=1S/C19H29N3/c1-15(2)7-8-21-9-11-22(12-10-21)18-5-6-19(16(3)4)17(13-18)14-20/h5-6,13,15-16H,7-12H2,1-4H3. The molecule has 0 aliphatic carbocycles. The van der Waals surface area contributed by atoms with Crippen LogP contribution in [-0.4, -0.2) is 37.6 Å². The number of nitrogens with zero attached hydrogens (tertiary/aromatic N) is 3. The number of anilines is 1. The van der Waals surface area contributed by atoms with Gasteiger partial charge in [-0.15, -0.1) is 0 Å². The van der Waals surface area contributed by atoms with Crippen molar-refractivity contribution in [2.45, 2.75) is 40.0 Å². The second-order valence-corrected chi connectivity index (χ2v) is 7.05. The average Bonchev–Trinajstić information content (AvgIpc) is 2.52. The van der Waals surface area contributed by atoms with E-state index in [4.69, 9.17) is 0 Å². The minimum Gasteiger partial charge on any atom is -0.369 e. The van der Waals surface area contributed by atoms with Crippen LogP contribution in [0, 0.1) is 17.2 Å². The first kappa shape index (κ1) is 16.8. The summed E-state index contributed by atoms with van der Waals surface area (Å²) in [6.07, 6.45) is 1.28. The lowest BCUT2D eigenvalue weighted by molar-refractivity contribution is 0.243. The Kier molecular flexibility index (Phi) is 5.85. The quantitative estimate of drug-likeness (QED) is 0.827. The molecule has 0 bridgehead atoms. The summed E-state index contributed by atoms with van der Waals surface area (Å²) in [6, 6.07) is 8.74. The number of benzene rings is 1. The van der Waals surface area contributed by atoms with Crippen LogP contribution in [0.25, 0.3) is 0 Å². The van der Waals surface area contributed by atoms with Crippen LogP contribution in [0.15, 0.2) is 18.2 Å². The molecule has 2 rings (SSSR count). The first-order valence-corrected chi connectivity index (χ1v) is 8.52. The highest BCUT2D eigenvalue weighted by atomic mass is 15.3. The second-order valence-electron chi connectivity index (χ2n) is 7.05. The number of piperazine rings is 1. The molecule has 3 heteroatoms. The van der Waals surface area contributed by atoms with Crippen molar-refractivity contribution in [1.82, 2.24) is 4.90 Å². The molecule has 1 aromatic rings. The zero-order valence-electron chi connectivity index (χ0n) is 14.5. The van der Waals surface area contributed by atoms with E-state index in [0.717, 1.165) is 43.2 Å². The van der Waals surface area contributed by atoms with Gasteiger partial charge in [-0.25, -0.2) is 0 Å². The van der Waals surface area contributed by atoms with Crippen LogP contribution in [0.5, 0.6) is 0 Å². The summed E-state index contributed by atoms with van der Waals surface area (Å²) < 4.78 is 0. The molecule has 0 unspecified atom stereocenters. The summed E-state index contributed by atoms with van der Waals surface area (Å²) in [6.45, 7) is 14.4. The molecule has 22 heavy (non-hydrogen) atoms. The van der Waals surface area contributed by atoms with Crippen LogP contribution in [0.4, 0.5) is 5.69 Å². The van der Waals surface area contributed by atoms with Crippen LogP contribution in [-0.2, 0) is 0 Å². The van der Waals surface area contributed by atoms with Crippen molar-refractivity contribution in [3.8, 4) is 6.07 Å². The topological polar surface area (TPSA) is 30.3 Å². The van der Waals surface area contributed by atoms with E-state index in [1.807, 2.05) is 0 Å². The molecule has 1 aliphatic rings. The average molecular weight is 299 g/mol. The second kappa shape index (κ2) is 7.65. The molecular weight excluding hydrogens is 270 g/mol. The van der Waals surface area contributed by atoms with E-state index in [1.165, 1.54) is 18.7 Å². The fourth-order valence-electron chi connectivity index (χ4n) is 3.01. The normalized spacial score (nSPS) is 16.3. The van der Waals surface area contributed by atoms with Crippen molar-refractivity contribution in [1.29, 1.82) is 5.26 Å². The maximum absolute atomic E-state index is 9.38. The summed E-state index contributed by atoms with van der Waals surface area (Å²) in [7, 11) is 0. The Morgan fingerprint density at radius 2 is 1.77 bits per heavy atom. The van der Waals surface area contributed by atoms with E-state index < -0.39 is 0 Å². The van der Waals surface area contributed by atoms with Crippen molar-refractivity contribution in [3.05, 3.63) is 29.3 Å². The summed E-state index contributed by atoms with van der Waals surface area (Å²) in [5, 5.41) is 9.38. The van der Waals surface area contributed by atoms with Gasteiger partial charge in [-0.1, -0.05) is 33.8 Å². The maximum atomic E-state index is 9.38. The Bertz CT molecular complexity index is 520. The number of nitriles is 1. The Balaban J connectivity index is 1.98. The lowest BCUT2D eigenvalue weighted by atomic mass is 9.97. The van der Waals surface area contributed by atoms with Gasteiger partial charge in [0.1, 0.15) is 0 Å². The third-order valence-corrected chi connectivity index (χ3v) is 4.54. The fraction of sp³-hybridized carbons (Fsp3) is 0.632. The van der Waals surface area contributed by atoms with E-state index >= 15 is 0 Å². The number of rotatable bonds is 5. The predicted octanol–water partition coefficient (Wildman–Crippen LogP) is 3.85. The molecule has 3 nitrogen and oxygen atoms in total. The molecule has 0 radical (unpaired) electrons. The van der Waals surface area contributed by atoms with E-state index in [-0.39, 0.29) is 0 Å². The molecule has 1 saturated heterocycles. The molecule has 0 saturated carbocycles. The molecule has 120 valence electrons. The van der Waals surface area contributed by atoms with Crippen LogP contribution in [0.2, 0.25) is 0 Å². The lowest BCUT2D eigenvalue weighted by Gasteiger charge is -2.36. The molecule has 1 aliphatic heterocycles. The Morgan fingerprint density at radius 3 is 2.32 bits per heavy atom. The first-order chi connectivity index (χ1) is 10.5. The Morgan fingerprint density at radius 1 is 1.09 bits per heavy atom. The highest BCUT2D eigenvalue weighted by molar-refractivity contribution is 5.55.